The minimum Gasteiger partial charge on any atom is -0.494 e. The van der Waals surface area contributed by atoms with Gasteiger partial charge in [0.05, 0.1) is 12.3 Å². The average molecular weight is 468 g/mol. The van der Waals surface area contributed by atoms with Crippen LogP contribution in [0.25, 0.3) is 0 Å². The number of rotatable bonds is 8. The molecule has 2 fully saturated rings. The first-order chi connectivity index (χ1) is 16.5. The number of carbonyl (C=O) groups is 1. The van der Waals surface area contributed by atoms with E-state index in [1.165, 1.54) is 30.2 Å². The molecule has 2 unspecified atom stereocenters. The van der Waals surface area contributed by atoms with Gasteiger partial charge in [0.15, 0.2) is 0 Å². The molecule has 0 aromatic heterocycles. The Kier molecular flexibility index (Phi) is 8.09. The van der Waals surface area contributed by atoms with E-state index in [9.17, 15) is 4.79 Å². The van der Waals surface area contributed by atoms with Crippen LogP contribution < -0.4 is 14.5 Å². The van der Waals surface area contributed by atoms with Crippen LogP contribution in [0.3, 0.4) is 0 Å². The molecular weight excluding hydrogens is 429 g/mol. The number of benzene rings is 2. The largest absolute Gasteiger partial charge is 0.494 e. The van der Waals surface area contributed by atoms with Gasteiger partial charge in [0.1, 0.15) is 11.6 Å². The molecule has 2 saturated heterocycles. The molecule has 2 aliphatic rings. The van der Waals surface area contributed by atoms with Crippen molar-refractivity contribution in [3.05, 3.63) is 53.8 Å². The highest BCUT2D eigenvalue weighted by molar-refractivity contribution is 6.05. The maximum atomic E-state index is 15.2. The Bertz CT molecular complexity index is 965. The van der Waals surface area contributed by atoms with E-state index >= 15 is 4.39 Å². The lowest BCUT2D eigenvalue weighted by atomic mass is 10.0. The summed E-state index contributed by atoms with van der Waals surface area (Å²) in [5, 5.41) is 0. The minimum absolute atomic E-state index is 0.174. The molecule has 0 aliphatic carbocycles. The number of carbonyl (C=O) groups excluding carboxylic acids is 1. The van der Waals surface area contributed by atoms with Gasteiger partial charge in [0.25, 0.3) is 5.91 Å². The normalized spacial score (nSPS) is 21.0. The third kappa shape index (κ3) is 5.54. The Morgan fingerprint density at radius 3 is 2.62 bits per heavy atom. The van der Waals surface area contributed by atoms with Gasteiger partial charge in [-0.15, -0.1) is 0 Å². The third-order valence-corrected chi connectivity index (χ3v) is 7.32. The van der Waals surface area contributed by atoms with Crippen LogP contribution in [0.1, 0.15) is 62.7 Å². The second-order valence-electron chi connectivity index (χ2n) is 9.70. The molecule has 0 spiro atoms. The van der Waals surface area contributed by atoms with E-state index in [2.05, 4.69) is 23.6 Å². The molecule has 2 heterocycles. The van der Waals surface area contributed by atoms with Crippen LogP contribution in [0, 0.1) is 5.82 Å². The van der Waals surface area contributed by atoms with Crippen molar-refractivity contribution in [1.29, 1.82) is 0 Å². The molecule has 0 bridgehead atoms. The summed E-state index contributed by atoms with van der Waals surface area (Å²) in [6.07, 6.45) is 6.98. The highest BCUT2D eigenvalue weighted by Crippen LogP contribution is 2.31. The van der Waals surface area contributed by atoms with Gasteiger partial charge in [-0.25, -0.2) is 4.39 Å². The number of hydrogen-bond acceptors (Lipinski definition) is 4. The Balaban J connectivity index is 1.39. The zero-order valence-electron chi connectivity index (χ0n) is 20.8. The third-order valence-electron chi connectivity index (χ3n) is 7.32. The van der Waals surface area contributed by atoms with Gasteiger partial charge < -0.3 is 14.5 Å². The molecule has 5 nitrogen and oxygen atoms in total. The maximum absolute atomic E-state index is 15.2. The van der Waals surface area contributed by atoms with Crippen molar-refractivity contribution in [2.24, 2.45) is 0 Å². The smallest absolute Gasteiger partial charge is 0.258 e. The zero-order chi connectivity index (χ0) is 24.1. The van der Waals surface area contributed by atoms with Crippen LogP contribution in [0.5, 0.6) is 5.75 Å². The van der Waals surface area contributed by atoms with E-state index < -0.39 is 0 Å². The van der Waals surface area contributed by atoms with Gasteiger partial charge in [-0.3, -0.25) is 9.69 Å². The van der Waals surface area contributed by atoms with E-state index in [0.717, 1.165) is 44.6 Å². The fourth-order valence-corrected chi connectivity index (χ4v) is 5.19. The van der Waals surface area contributed by atoms with E-state index in [1.54, 1.807) is 19.2 Å². The predicted octanol–water partition coefficient (Wildman–Crippen LogP) is 5.73. The van der Waals surface area contributed by atoms with Crippen LogP contribution in [0.2, 0.25) is 0 Å². The van der Waals surface area contributed by atoms with Crippen molar-refractivity contribution in [3.63, 3.8) is 0 Å². The van der Waals surface area contributed by atoms with E-state index in [4.69, 9.17) is 4.74 Å². The standard InChI is InChI=1S/C28H38FN3O2/c1-4-5-18-34-25-12-9-22(10-13-25)28(33)30(3)23-11-14-27(26(29)19-23)31-17-15-24(20-31)32-16-7-6-8-21(32)2/h9-14,19,21,24H,4-8,15-18,20H2,1-3H3. The fourth-order valence-electron chi connectivity index (χ4n) is 5.19. The van der Waals surface area contributed by atoms with Crippen molar-refractivity contribution in [1.82, 2.24) is 4.90 Å². The molecule has 34 heavy (non-hydrogen) atoms. The number of nitrogens with zero attached hydrogens (tertiary/aromatic N) is 3. The van der Waals surface area contributed by atoms with Crippen LogP contribution in [-0.2, 0) is 0 Å². The SMILES string of the molecule is CCCCOc1ccc(C(=O)N(C)c2ccc(N3CCC(N4CCCCC4C)C3)c(F)c2)cc1. The van der Waals surface area contributed by atoms with Crippen molar-refractivity contribution >= 4 is 17.3 Å². The number of unbranched alkanes of at least 4 members (excludes halogenated alkanes) is 1. The molecule has 1 amide bonds. The van der Waals surface area contributed by atoms with Crippen LogP contribution >= 0.6 is 0 Å². The van der Waals surface area contributed by atoms with Gasteiger partial charge in [0, 0.05) is 43.5 Å². The van der Waals surface area contributed by atoms with Crippen LogP contribution in [-0.4, -0.2) is 56.2 Å². The first-order valence-electron chi connectivity index (χ1n) is 12.8. The molecule has 2 aromatic rings. The highest BCUT2D eigenvalue weighted by atomic mass is 19.1. The number of ether oxygens (including phenoxy) is 1. The first-order valence-corrected chi connectivity index (χ1v) is 12.8. The monoisotopic (exact) mass is 467 g/mol. The number of piperidine rings is 1. The summed E-state index contributed by atoms with van der Waals surface area (Å²) in [7, 11) is 1.69. The number of hydrogen-bond donors (Lipinski definition) is 0. The Labute approximate surface area is 203 Å². The summed E-state index contributed by atoms with van der Waals surface area (Å²) < 4.78 is 20.8. The lowest BCUT2D eigenvalue weighted by molar-refractivity contribution is 0.0993. The molecular formula is C28H38FN3O2. The Morgan fingerprint density at radius 2 is 1.91 bits per heavy atom. The van der Waals surface area contributed by atoms with E-state index in [0.29, 0.717) is 35.6 Å². The Morgan fingerprint density at radius 1 is 1.12 bits per heavy atom. The molecule has 4 rings (SSSR count). The van der Waals surface area contributed by atoms with Gasteiger partial charge in [-0.1, -0.05) is 19.8 Å². The molecule has 184 valence electrons. The molecule has 0 N–H and O–H groups in total. The van der Waals surface area contributed by atoms with E-state index in [-0.39, 0.29) is 11.7 Å². The molecule has 0 saturated carbocycles. The van der Waals surface area contributed by atoms with Gasteiger partial charge >= 0.3 is 0 Å². The van der Waals surface area contributed by atoms with Crippen LogP contribution in [0.15, 0.2) is 42.5 Å². The fraction of sp³-hybridized carbons (Fsp3) is 0.536. The van der Waals surface area contributed by atoms with Crippen molar-refractivity contribution < 1.29 is 13.9 Å². The maximum Gasteiger partial charge on any atom is 0.258 e. The number of likely N-dealkylation sites (tertiary alicyclic amines) is 1. The summed E-state index contributed by atoms with van der Waals surface area (Å²) in [6.45, 7) is 7.99. The van der Waals surface area contributed by atoms with Gasteiger partial charge in [-0.05, 0) is 81.6 Å². The Hall–Kier alpha value is -2.60. The van der Waals surface area contributed by atoms with Gasteiger partial charge in [-0.2, -0.15) is 0 Å². The average Bonchev–Trinajstić information content (AvgIpc) is 3.33. The lowest BCUT2D eigenvalue weighted by Crippen LogP contribution is -2.46. The summed E-state index contributed by atoms with van der Waals surface area (Å²) in [5.41, 5.74) is 1.73. The van der Waals surface area contributed by atoms with Crippen molar-refractivity contribution in [3.8, 4) is 5.75 Å². The number of halogens is 1. The summed E-state index contributed by atoms with van der Waals surface area (Å²) in [4.78, 5) is 19.2. The van der Waals surface area contributed by atoms with Gasteiger partial charge in [0.2, 0.25) is 0 Å². The predicted molar refractivity (Wildman–Crippen MR) is 137 cm³/mol. The number of anilines is 2. The quantitative estimate of drug-likeness (QED) is 0.464. The summed E-state index contributed by atoms with van der Waals surface area (Å²) >= 11 is 0. The van der Waals surface area contributed by atoms with Crippen molar-refractivity contribution in [2.45, 2.75) is 64.5 Å². The molecule has 0 radical (unpaired) electrons. The minimum atomic E-state index is -0.274. The highest BCUT2D eigenvalue weighted by Gasteiger charge is 2.32. The molecule has 6 heteroatoms. The van der Waals surface area contributed by atoms with Crippen LogP contribution in [0.4, 0.5) is 15.8 Å². The molecule has 2 atom stereocenters. The summed E-state index contributed by atoms with van der Waals surface area (Å²) in [5.74, 6) is 0.308. The first kappa shape index (κ1) is 24.5. The summed E-state index contributed by atoms with van der Waals surface area (Å²) in [6, 6.07) is 13.4. The second-order valence-corrected chi connectivity index (χ2v) is 9.70. The molecule has 2 aliphatic heterocycles. The molecule has 2 aromatic carbocycles. The topological polar surface area (TPSA) is 36.0 Å². The van der Waals surface area contributed by atoms with Crippen molar-refractivity contribution in [2.75, 3.05) is 43.1 Å². The number of amides is 1. The second kappa shape index (κ2) is 11.2. The zero-order valence-corrected chi connectivity index (χ0v) is 20.8. The van der Waals surface area contributed by atoms with E-state index in [1.807, 2.05) is 24.3 Å². The lowest BCUT2D eigenvalue weighted by Gasteiger charge is -2.38.